The van der Waals surface area contributed by atoms with Crippen LogP contribution in [0.2, 0.25) is 0 Å². The van der Waals surface area contributed by atoms with Gasteiger partial charge in [0.2, 0.25) is 5.91 Å². The Bertz CT molecular complexity index is 700. The maximum absolute atomic E-state index is 13.0. The van der Waals surface area contributed by atoms with E-state index in [4.69, 9.17) is 4.74 Å². The van der Waals surface area contributed by atoms with Gasteiger partial charge < -0.3 is 19.9 Å². The Hall–Kier alpha value is -2.29. The fourth-order valence-corrected chi connectivity index (χ4v) is 2.47. The van der Waals surface area contributed by atoms with Crippen LogP contribution < -0.4 is 5.32 Å². The molecule has 1 rings (SSSR count). The summed E-state index contributed by atoms with van der Waals surface area (Å²) in [6.07, 6.45) is -5.19. The standard InChI is InChI=1S/C20H30F3N3O3/c1-14(24-18(28)29-19(2,3)4)17(27)26(11-10-25(5)6)13-15-8-7-9-16(12-15)20(21,22)23/h7-9,12,14H,10-11,13H2,1-6H3,(H,24,28)/t14-/m0/s1. The lowest BCUT2D eigenvalue weighted by Gasteiger charge is -2.28. The molecule has 0 aliphatic heterocycles. The molecular weight excluding hydrogens is 387 g/mol. The van der Waals surface area contributed by atoms with Crippen molar-refractivity contribution in [2.45, 2.75) is 52.1 Å². The van der Waals surface area contributed by atoms with E-state index in [1.54, 1.807) is 20.8 Å². The van der Waals surface area contributed by atoms with Crippen LogP contribution in [0.15, 0.2) is 24.3 Å². The predicted octanol–water partition coefficient (Wildman–Crippen LogP) is 3.51. The number of hydrogen-bond acceptors (Lipinski definition) is 4. The summed E-state index contributed by atoms with van der Waals surface area (Å²) in [6, 6.07) is 3.98. The van der Waals surface area contributed by atoms with Gasteiger partial charge in [-0.2, -0.15) is 13.2 Å². The van der Waals surface area contributed by atoms with Crippen LogP contribution in [0.1, 0.15) is 38.8 Å². The average Bonchev–Trinajstić information content (AvgIpc) is 2.55. The highest BCUT2D eigenvalue weighted by molar-refractivity contribution is 5.85. The fraction of sp³-hybridized carbons (Fsp3) is 0.600. The fourth-order valence-electron chi connectivity index (χ4n) is 2.47. The van der Waals surface area contributed by atoms with Crippen LogP contribution in [0, 0.1) is 0 Å². The molecule has 1 aromatic carbocycles. The number of benzene rings is 1. The van der Waals surface area contributed by atoms with Gasteiger partial charge in [0.15, 0.2) is 0 Å². The van der Waals surface area contributed by atoms with E-state index >= 15 is 0 Å². The third kappa shape index (κ3) is 9.17. The Balaban J connectivity index is 2.94. The van der Waals surface area contributed by atoms with Gasteiger partial charge in [0.25, 0.3) is 0 Å². The van der Waals surface area contributed by atoms with Crippen LogP contribution in [-0.4, -0.2) is 60.6 Å². The molecule has 0 radical (unpaired) electrons. The number of carbonyl (C=O) groups excluding carboxylic acids is 2. The summed E-state index contributed by atoms with van der Waals surface area (Å²) in [6.45, 7) is 7.44. The molecule has 0 spiro atoms. The van der Waals surface area contributed by atoms with Gasteiger partial charge in [-0.1, -0.05) is 12.1 Å². The normalized spacial score (nSPS) is 13.2. The summed E-state index contributed by atoms with van der Waals surface area (Å²) in [7, 11) is 3.66. The molecule has 29 heavy (non-hydrogen) atoms. The first-order valence-electron chi connectivity index (χ1n) is 9.28. The summed E-state index contributed by atoms with van der Waals surface area (Å²) in [5, 5.41) is 2.48. The van der Waals surface area contributed by atoms with Crippen molar-refractivity contribution in [3.8, 4) is 0 Å². The molecule has 0 saturated heterocycles. The number of rotatable bonds is 7. The maximum Gasteiger partial charge on any atom is 0.416 e. The van der Waals surface area contributed by atoms with Crippen LogP contribution in [0.25, 0.3) is 0 Å². The Morgan fingerprint density at radius 3 is 2.28 bits per heavy atom. The van der Waals surface area contributed by atoms with Crippen molar-refractivity contribution in [2.75, 3.05) is 27.2 Å². The van der Waals surface area contributed by atoms with Gasteiger partial charge in [0.05, 0.1) is 5.56 Å². The number of ether oxygens (including phenoxy) is 1. The molecule has 0 aromatic heterocycles. The number of carbonyl (C=O) groups is 2. The topological polar surface area (TPSA) is 61.9 Å². The molecular formula is C20H30F3N3O3. The zero-order valence-corrected chi connectivity index (χ0v) is 17.8. The molecule has 9 heteroatoms. The van der Waals surface area contributed by atoms with Crippen LogP contribution >= 0.6 is 0 Å². The van der Waals surface area contributed by atoms with E-state index < -0.39 is 35.4 Å². The van der Waals surface area contributed by atoms with E-state index in [0.717, 1.165) is 12.1 Å². The molecule has 1 N–H and O–H groups in total. The van der Waals surface area contributed by atoms with E-state index in [0.29, 0.717) is 18.7 Å². The zero-order valence-electron chi connectivity index (χ0n) is 17.8. The maximum atomic E-state index is 13.0. The summed E-state index contributed by atoms with van der Waals surface area (Å²) < 4.78 is 44.1. The van der Waals surface area contributed by atoms with E-state index in [2.05, 4.69) is 5.32 Å². The Morgan fingerprint density at radius 2 is 1.76 bits per heavy atom. The molecule has 0 unspecified atom stereocenters. The summed E-state index contributed by atoms with van der Waals surface area (Å²) in [4.78, 5) is 28.1. The molecule has 164 valence electrons. The molecule has 1 aromatic rings. The number of alkyl carbamates (subject to hydrolysis) is 1. The van der Waals surface area contributed by atoms with Crippen LogP contribution in [-0.2, 0) is 22.3 Å². The molecule has 1 atom stereocenters. The lowest BCUT2D eigenvalue weighted by molar-refractivity contribution is -0.137. The first-order valence-corrected chi connectivity index (χ1v) is 9.28. The van der Waals surface area contributed by atoms with Gasteiger partial charge in [-0.25, -0.2) is 4.79 Å². The number of nitrogens with one attached hydrogen (secondary N) is 1. The Kier molecular flexibility index (Phi) is 8.50. The van der Waals surface area contributed by atoms with Crippen molar-refractivity contribution in [1.29, 1.82) is 0 Å². The van der Waals surface area contributed by atoms with Gasteiger partial charge in [0.1, 0.15) is 11.6 Å². The van der Waals surface area contributed by atoms with Gasteiger partial charge in [0, 0.05) is 19.6 Å². The quantitative estimate of drug-likeness (QED) is 0.738. The highest BCUT2D eigenvalue weighted by Gasteiger charge is 2.31. The number of nitrogens with zero attached hydrogens (tertiary/aromatic N) is 2. The van der Waals surface area contributed by atoms with Gasteiger partial charge in [-0.05, 0) is 59.5 Å². The number of likely N-dealkylation sites (N-methyl/N-ethyl adjacent to an activating group) is 1. The van der Waals surface area contributed by atoms with Crippen molar-refractivity contribution in [2.24, 2.45) is 0 Å². The number of halogens is 3. The van der Waals surface area contributed by atoms with Crippen molar-refractivity contribution in [3.63, 3.8) is 0 Å². The number of alkyl halides is 3. The lowest BCUT2D eigenvalue weighted by Crippen LogP contribution is -2.49. The molecule has 6 nitrogen and oxygen atoms in total. The Labute approximate surface area is 170 Å². The highest BCUT2D eigenvalue weighted by atomic mass is 19.4. The minimum atomic E-state index is -4.46. The minimum absolute atomic E-state index is 0.00304. The molecule has 0 heterocycles. The second kappa shape index (κ2) is 9.96. The lowest BCUT2D eigenvalue weighted by atomic mass is 10.1. The van der Waals surface area contributed by atoms with Crippen molar-refractivity contribution in [3.05, 3.63) is 35.4 Å². The molecule has 2 amide bonds. The minimum Gasteiger partial charge on any atom is -0.444 e. The largest absolute Gasteiger partial charge is 0.444 e. The SMILES string of the molecule is C[C@H](NC(=O)OC(C)(C)C)C(=O)N(CCN(C)C)Cc1cccc(C(F)(F)F)c1. The van der Waals surface area contributed by atoms with Crippen molar-refractivity contribution >= 4 is 12.0 Å². The number of hydrogen-bond donors (Lipinski definition) is 1. The van der Waals surface area contributed by atoms with Crippen LogP contribution in [0.5, 0.6) is 0 Å². The third-order valence-electron chi connectivity index (χ3n) is 3.86. The van der Waals surface area contributed by atoms with Crippen LogP contribution in [0.3, 0.4) is 0 Å². The molecule has 0 bridgehead atoms. The first kappa shape index (κ1) is 24.7. The van der Waals surface area contributed by atoms with E-state index in [1.165, 1.54) is 24.0 Å². The molecule has 0 saturated carbocycles. The molecule has 0 aliphatic carbocycles. The second-order valence-electron chi connectivity index (χ2n) is 8.13. The van der Waals surface area contributed by atoms with Crippen molar-refractivity contribution < 1.29 is 27.5 Å². The Morgan fingerprint density at radius 1 is 1.14 bits per heavy atom. The van der Waals surface area contributed by atoms with E-state index in [9.17, 15) is 22.8 Å². The smallest absolute Gasteiger partial charge is 0.416 e. The number of amides is 2. The third-order valence-corrected chi connectivity index (χ3v) is 3.86. The summed E-state index contributed by atoms with van der Waals surface area (Å²) >= 11 is 0. The first-order chi connectivity index (χ1) is 13.2. The average molecular weight is 417 g/mol. The monoisotopic (exact) mass is 417 g/mol. The van der Waals surface area contributed by atoms with Crippen molar-refractivity contribution in [1.82, 2.24) is 15.1 Å². The molecule has 0 fully saturated rings. The van der Waals surface area contributed by atoms with Gasteiger partial charge in [-0.15, -0.1) is 0 Å². The zero-order chi connectivity index (χ0) is 22.4. The summed E-state index contributed by atoms with van der Waals surface area (Å²) in [5.41, 5.74) is -1.12. The van der Waals surface area contributed by atoms with Gasteiger partial charge in [-0.3, -0.25) is 4.79 Å². The second-order valence-corrected chi connectivity index (χ2v) is 8.13. The van der Waals surface area contributed by atoms with E-state index in [1.807, 2.05) is 19.0 Å². The molecule has 0 aliphatic rings. The van der Waals surface area contributed by atoms with Crippen LogP contribution in [0.4, 0.5) is 18.0 Å². The van der Waals surface area contributed by atoms with Gasteiger partial charge >= 0.3 is 12.3 Å². The highest BCUT2D eigenvalue weighted by Crippen LogP contribution is 2.29. The summed E-state index contributed by atoms with van der Waals surface area (Å²) in [5.74, 6) is -0.407. The van der Waals surface area contributed by atoms with E-state index in [-0.39, 0.29) is 6.54 Å². The predicted molar refractivity (Wildman–Crippen MR) is 104 cm³/mol.